The van der Waals surface area contributed by atoms with Crippen molar-refractivity contribution in [2.75, 3.05) is 18.5 Å². The molecule has 0 aliphatic carbocycles. The van der Waals surface area contributed by atoms with Gasteiger partial charge in [-0.3, -0.25) is 4.98 Å². The first-order chi connectivity index (χ1) is 10.7. The van der Waals surface area contributed by atoms with Gasteiger partial charge in [-0.1, -0.05) is 30.3 Å². The number of ether oxygens (including phenoxy) is 1. The zero-order chi connectivity index (χ0) is 15.8. The maximum Gasteiger partial charge on any atom is 0.319 e. The van der Waals surface area contributed by atoms with Crippen LogP contribution < -0.4 is 10.6 Å². The van der Waals surface area contributed by atoms with E-state index in [0.717, 1.165) is 11.8 Å². The van der Waals surface area contributed by atoms with Gasteiger partial charge in [0.2, 0.25) is 0 Å². The van der Waals surface area contributed by atoms with Gasteiger partial charge in [-0.05, 0) is 18.6 Å². The van der Waals surface area contributed by atoms with Crippen LogP contribution in [0.15, 0.2) is 48.8 Å². The number of aromatic nitrogens is 1. The van der Waals surface area contributed by atoms with Crippen molar-refractivity contribution in [1.82, 2.24) is 10.3 Å². The maximum absolute atomic E-state index is 13.4. The Hall–Kier alpha value is -2.47. The Kier molecular flexibility index (Phi) is 5.85. The second kappa shape index (κ2) is 8.09. The SMILES string of the molecule is CCOC(CNC(=O)Nc1ccncc1F)c1ccccc1. The fourth-order valence-corrected chi connectivity index (χ4v) is 1.97. The van der Waals surface area contributed by atoms with E-state index in [-0.39, 0.29) is 18.3 Å². The van der Waals surface area contributed by atoms with E-state index >= 15 is 0 Å². The highest BCUT2D eigenvalue weighted by atomic mass is 19.1. The van der Waals surface area contributed by atoms with Crippen LogP contribution in [0.4, 0.5) is 14.9 Å². The van der Waals surface area contributed by atoms with Gasteiger partial charge in [0.1, 0.15) is 0 Å². The number of hydrogen-bond acceptors (Lipinski definition) is 3. The van der Waals surface area contributed by atoms with Crippen molar-refractivity contribution in [1.29, 1.82) is 0 Å². The fraction of sp³-hybridized carbons (Fsp3) is 0.250. The Balaban J connectivity index is 1.92. The molecule has 2 N–H and O–H groups in total. The number of rotatable bonds is 6. The van der Waals surface area contributed by atoms with Crippen molar-refractivity contribution in [3.05, 3.63) is 60.2 Å². The molecule has 1 heterocycles. The minimum atomic E-state index is -0.581. The third-order valence-corrected chi connectivity index (χ3v) is 3.01. The summed E-state index contributed by atoms with van der Waals surface area (Å²) in [7, 11) is 0. The Bertz CT molecular complexity index is 607. The van der Waals surface area contributed by atoms with E-state index in [1.165, 1.54) is 12.3 Å². The van der Waals surface area contributed by atoms with Gasteiger partial charge >= 0.3 is 6.03 Å². The van der Waals surface area contributed by atoms with Crippen molar-refractivity contribution < 1.29 is 13.9 Å². The first kappa shape index (κ1) is 15.9. The van der Waals surface area contributed by atoms with E-state index in [1.54, 1.807) is 0 Å². The molecular formula is C16H18FN3O2. The van der Waals surface area contributed by atoms with E-state index in [0.29, 0.717) is 6.61 Å². The van der Waals surface area contributed by atoms with Gasteiger partial charge in [-0.2, -0.15) is 0 Å². The number of benzene rings is 1. The highest BCUT2D eigenvalue weighted by molar-refractivity contribution is 5.89. The summed E-state index contributed by atoms with van der Waals surface area (Å²) in [5, 5.41) is 5.12. The molecule has 0 aliphatic rings. The molecule has 1 atom stereocenters. The van der Waals surface area contributed by atoms with Crippen LogP contribution in [-0.2, 0) is 4.74 Å². The number of anilines is 1. The Labute approximate surface area is 128 Å². The third-order valence-electron chi connectivity index (χ3n) is 3.01. The normalized spacial score (nSPS) is 11.7. The van der Waals surface area contributed by atoms with E-state index in [1.807, 2.05) is 37.3 Å². The number of urea groups is 1. The second-order valence-corrected chi connectivity index (χ2v) is 4.55. The molecule has 0 saturated heterocycles. The van der Waals surface area contributed by atoms with Crippen LogP contribution in [0.25, 0.3) is 0 Å². The molecule has 2 rings (SSSR count). The molecule has 0 fully saturated rings. The number of pyridine rings is 1. The smallest absolute Gasteiger partial charge is 0.319 e. The van der Waals surface area contributed by atoms with E-state index in [4.69, 9.17) is 4.74 Å². The standard InChI is InChI=1S/C16H18FN3O2/c1-2-22-15(12-6-4-3-5-7-12)11-19-16(21)20-14-8-9-18-10-13(14)17/h3-10,15H,2,11H2,1H3,(H2,18,19,20,21). The minimum absolute atomic E-state index is 0.0835. The zero-order valence-corrected chi connectivity index (χ0v) is 12.3. The van der Waals surface area contributed by atoms with Crippen LogP contribution in [0.2, 0.25) is 0 Å². The second-order valence-electron chi connectivity index (χ2n) is 4.55. The number of carbonyl (C=O) groups is 1. The van der Waals surface area contributed by atoms with Crippen molar-refractivity contribution in [3.8, 4) is 0 Å². The van der Waals surface area contributed by atoms with Gasteiger partial charge in [-0.25, -0.2) is 9.18 Å². The van der Waals surface area contributed by atoms with E-state index in [2.05, 4.69) is 15.6 Å². The molecule has 1 aromatic heterocycles. The summed E-state index contributed by atoms with van der Waals surface area (Å²) < 4.78 is 19.0. The summed E-state index contributed by atoms with van der Waals surface area (Å²) in [6, 6.07) is 10.5. The van der Waals surface area contributed by atoms with Crippen LogP contribution in [-0.4, -0.2) is 24.2 Å². The largest absolute Gasteiger partial charge is 0.372 e. The van der Waals surface area contributed by atoms with E-state index in [9.17, 15) is 9.18 Å². The summed E-state index contributed by atoms with van der Waals surface area (Å²) in [6.07, 6.45) is 2.20. The lowest BCUT2D eigenvalue weighted by Gasteiger charge is -2.18. The van der Waals surface area contributed by atoms with Gasteiger partial charge in [-0.15, -0.1) is 0 Å². The summed E-state index contributed by atoms with van der Waals surface area (Å²) in [5.74, 6) is -0.581. The predicted octanol–water partition coefficient (Wildman–Crippen LogP) is 3.12. The average Bonchev–Trinajstić information content (AvgIpc) is 2.54. The first-order valence-corrected chi connectivity index (χ1v) is 7.01. The van der Waals surface area contributed by atoms with Gasteiger partial charge in [0, 0.05) is 19.3 Å². The Morgan fingerprint density at radius 2 is 2.09 bits per heavy atom. The average molecular weight is 303 g/mol. The van der Waals surface area contributed by atoms with Crippen molar-refractivity contribution in [2.24, 2.45) is 0 Å². The van der Waals surface area contributed by atoms with Crippen molar-refractivity contribution in [2.45, 2.75) is 13.0 Å². The Morgan fingerprint density at radius 1 is 1.32 bits per heavy atom. The molecule has 0 saturated carbocycles. The molecule has 1 aromatic carbocycles. The molecule has 6 heteroatoms. The molecule has 0 aliphatic heterocycles. The lowest BCUT2D eigenvalue weighted by Crippen LogP contribution is -2.33. The molecule has 2 aromatic rings. The Morgan fingerprint density at radius 3 is 2.77 bits per heavy atom. The monoisotopic (exact) mass is 303 g/mol. The van der Waals surface area contributed by atoms with Crippen LogP contribution in [0, 0.1) is 5.82 Å². The van der Waals surface area contributed by atoms with Crippen LogP contribution >= 0.6 is 0 Å². The molecule has 0 bridgehead atoms. The molecule has 22 heavy (non-hydrogen) atoms. The van der Waals surface area contributed by atoms with Gasteiger partial charge in [0.25, 0.3) is 0 Å². The summed E-state index contributed by atoms with van der Waals surface area (Å²) in [6.45, 7) is 2.71. The fourth-order valence-electron chi connectivity index (χ4n) is 1.97. The maximum atomic E-state index is 13.4. The third kappa shape index (κ3) is 4.53. The summed E-state index contributed by atoms with van der Waals surface area (Å²) in [5.41, 5.74) is 1.06. The molecule has 2 amide bonds. The molecule has 116 valence electrons. The number of nitrogens with one attached hydrogen (secondary N) is 2. The van der Waals surface area contributed by atoms with Gasteiger partial charge in [0.05, 0.1) is 18.0 Å². The number of hydrogen-bond donors (Lipinski definition) is 2. The molecule has 0 radical (unpaired) electrons. The first-order valence-electron chi connectivity index (χ1n) is 7.01. The van der Waals surface area contributed by atoms with Crippen molar-refractivity contribution in [3.63, 3.8) is 0 Å². The number of nitrogens with zero attached hydrogens (tertiary/aromatic N) is 1. The molecule has 0 spiro atoms. The van der Waals surface area contributed by atoms with Crippen LogP contribution in [0.1, 0.15) is 18.6 Å². The van der Waals surface area contributed by atoms with Gasteiger partial charge < -0.3 is 15.4 Å². The molecule has 1 unspecified atom stereocenters. The number of carbonyl (C=O) groups excluding carboxylic acids is 1. The zero-order valence-electron chi connectivity index (χ0n) is 12.3. The lowest BCUT2D eigenvalue weighted by atomic mass is 10.1. The molecular weight excluding hydrogens is 285 g/mol. The number of halogens is 1. The van der Waals surface area contributed by atoms with Crippen LogP contribution in [0.5, 0.6) is 0 Å². The number of amides is 2. The van der Waals surface area contributed by atoms with Crippen LogP contribution in [0.3, 0.4) is 0 Å². The lowest BCUT2D eigenvalue weighted by molar-refractivity contribution is 0.0643. The highest BCUT2D eigenvalue weighted by Gasteiger charge is 2.13. The quantitative estimate of drug-likeness (QED) is 0.862. The minimum Gasteiger partial charge on any atom is -0.372 e. The van der Waals surface area contributed by atoms with Crippen molar-refractivity contribution >= 4 is 11.7 Å². The summed E-state index contributed by atoms with van der Waals surface area (Å²) >= 11 is 0. The molecule has 5 nitrogen and oxygen atoms in total. The highest BCUT2D eigenvalue weighted by Crippen LogP contribution is 2.16. The summed E-state index contributed by atoms with van der Waals surface area (Å²) in [4.78, 5) is 15.5. The van der Waals surface area contributed by atoms with Gasteiger partial charge in [0.15, 0.2) is 5.82 Å². The topological polar surface area (TPSA) is 63.2 Å². The predicted molar refractivity (Wildman–Crippen MR) is 82.0 cm³/mol. The van der Waals surface area contributed by atoms with E-state index < -0.39 is 11.8 Å².